The molecule has 1 fully saturated rings. The molecule has 1 unspecified atom stereocenters. The molecule has 0 spiro atoms. The van der Waals surface area contributed by atoms with Gasteiger partial charge in [-0.3, -0.25) is 4.90 Å². The summed E-state index contributed by atoms with van der Waals surface area (Å²) >= 11 is 3.52. The average molecular weight is 576 g/mol. The van der Waals surface area contributed by atoms with Crippen molar-refractivity contribution in [2.75, 3.05) is 32.7 Å². The maximum Gasteiger partial charge on any atom is 0.194 e. The third-order valence-corrected chi connectivity index (χ3v) is 5.93. The zero-order valence-electron chi connectivity index (χ0n) is 17.6. The molecular formula is C20H31BrIN7. The Kier molecular flexibility index (Phi) is 9.35. The van der Waals surface area contributed by atoms with Crippen molar-refractivity contribution < 1.29 is 0 Å². The van der Waals surface area contributed by atoms with Crippen molar-refractivity contribution >= 4 is 45.9 Å². The quantitative estimate of drug-likeness (QED) is 0.337. The van der Waals surface area contributed by atoms with Crippen molar-refractivity contribution in [3.8, 4) is 0 Å². The van der Waals surface area contributed by atoms with Gasteiger partial charge in [-0.05, 0) is 38.5 Å². The molecule has 1 aliphatic rings. The fraction of sp³-hybridized carbons (Fsp3) is 0.550. The van der Waals surface area contributed by atoms with Crippen LogP contribution in [0, 0.1) is 6.92 Å². The number of nitrogens with one attached hydrogen (secondary N) is 1. The summed E-state index contributed by atoms with van der Waals surface area (Å²) < 4.78 is 3.11. The highest BCUT2D eigenvalue weighted by molar-refractivity contribution is 14.0. The Balaban J connectivity index is 0.00000300. The van der Waals surface area contributed by atoms with Gasteiger partial charge >= 0.3 is 0 Å². The Morgan fingerprint density at radius 3 is 2.38 bits per heavy atom. The topological polar surface area (TPSA) is 61.6 Å². The van der Waals surface area contributed by atoms with Crippen LogP contribution in [-0.2, 0) is 13.6 Å². The van der Waals surface area contributed by atoms with Crippen molar-refractivity contribution in [1.29, 1.82) is 0 Å². The lowest BCUT2D eigenvalue weighted by molar-refractivity contribution is 0.138. The minimum Gasteiger partial charge on any atom is -0.357 e. The van der Waals surface area contributed by atoms with E-state index in [4.69, 9.17) is 4.99 Å². The Bertz CT molecular complexity index is 798. The van der Waals surface area contributed by atoms with E-state index in [0.717, 1.165) is 54.8 Å². The van der Waals surface area contributed by atoms with Crippen LogP contribution in [0.3, 0.4) is 0 Å². The van der Waals surface area contributed by atoms with Crippen molar-refractivity contribution in [3.63, 3.8) is 0 Å². The van der Waals surface area contributed by atoms with Gasteiger partial charge in [0.25, 0.3) is 0 Å². The van der Waals surface area contributed by atoms with Crippen molar-refractivity contribution in [1.82, 2.24) is 29.9 Å². The molecule has 1 atom stereocenters. The highest BCUT2D eigenvalue weighted by atomic mass is 127. The van der Waals surface area contributed by atoms with Crippen LogP contribution in [0.5, 0.6) is 0 Å². The van der Waals surface area contributed by atoms with E-state index in [2.05, 4.69) is 79.4 Å². The molecule has 1 saturated heterocycles. The van der Waals surface area contributed by atoms with Gasteiger partial charge in [0.1, 0.15) is 12.4 Å². The molecule has 0 aliphatic carbocycles. The fourth-order valence-corrected chi connectivity index (χ4v) is 3.70. The average Bonchev–Trinajstić information content (AvgIpc) is 3.03. The number of aryl methyl sites for hydroxylation is 1. The summed E-state index contributed by atoms with van der Waals surface area (Å²) in [5, 5.41) is 11.8. The highest BCUT2D eigenvalue weighted by Crippen LogP contribution is 2.23. The zero-order chi connectivity index (χ0) is 20.1. The molecule has 0 radical (unpaired) electrons. The summed E-state index contributed by atoms with van der Waals surface area (Å²) in [4.78, 5) is 9.69. The maximum absolute atomic E-state index is 4.80. The number of hydrogen-bond acceptors (Lipinski definition) is 4. The predicted octanol–water partition coefficient (Wildman–Crippen LogP) is 3.35. The number of guanidine groups is 1. The smallest absolute Gasteiger partial charge is 0.194 e. The number of halogens is 2. The van der Waals surface area contributed by atoms with E-state index in [1.807, 2.05) is 18.5 Å². The van der Waals surface area contributed by atoms with Crippen molar-refractivity contribution in [2.45, 2.75) is 33.4 Å². The third kappa shape index (κ3) is 6.14. The van der Waals surface area contributed by atoms with Gasteiger partial charge in [0, 0.05) is 50.3 Å². The molecule has 1 aromatic carbocycles. The number of nitrogens with zero attached hydrogens (tertiary/aromatic N) is 6. The van der Waals surface area contributed by atoms with Crippen LogP contribution in [0.2, 0.25) is 0 Å². The van der Waals surface area contributed by atoms with E-state index >= 15 is 0 Å². The largest absolute Gasteiger partial charge is 0.357 e. The van der Waals surface area contributed by atoms with Crippen LogP contribution in [0.1, 0.15) is 37.1 Å². The second-order valence-corrected chi connectivity index (χ2v) is 8.06. The molecule has 0 amide bonds. The van der Waals surface area contributed by atoms with Crippen LogP contribution >= 0.6 is 39.9 Å². The van der Waals surface area contributed by atoms with E-state index in [-0.39, 0.29) is 24.0 Å². The summed E-state index contributed by atoms with van der Waals surface area (Å²) in [6.07, 6.45) is 0. The summed E-state index contributed by atoms with van der Waals surface area (Å²) in [5.74, 6) is 2.75. The number of aliphatic imine (C=N–C) groups is 1. The molecule has 160 valence electrons. The van der Waals surface area contributed by atoms with Gasteiger partial charge in [-0.15, -0.1) is 34.2 Å². The van der Waals surface area contributed by atoms with Crippen LogP contribution in [0.15, 0.2) is 33.7 Å². The van der Waals surface area contributed by atoms with E-state index in [9.17, 15) is 0 Å². The van der Waals surface area contributed by atoms with Gasteiger partial charge in [0.15, 0.2) is 11.8 Å². The van der Waals surface area contributed by atoms with Gasteiger partial charge in [0.2, 0.25) is 0 Å². The SMILES string of the molecule is CCNC(=NCc1nnc(C)n1C)N1CCN(C(C)c2ccc(Br)cc2)CC1.I. The zero-order valence-corrected chi connectivity index (χ0v) is 21.5. The monoisotopic (exact) mass is 575 g/mol. The predicted molar refractivity (Wildman–Crippen MR) is 132 cm³/mol. The first-order valence-electron chi connectivity index (χ1n) is 9.87. The Labute approximate surface area is 199 Å². The molecule has 1 aliphatic heterocycles. The molecule has 2 heterocycles. The molecule has 7 nitrogen and oxygen atoms in total. The third-order valence-electron chi connectivity index (χ3n) is 5.40. The summed E-state index contributed by atoms with van der Waals surface area (Å²) in [6, 6.07) is 9.06. The molecule has 2 aromatic rings. The molecule has 3 rings (SSSR count). The van der Waals surface area contributed by atoms with E-state index in [1.54, 1.807) is 0 Å². The molecule has 0 bridgehead atoms. The van der Waals surface area contributed by atoms with Crippen molar-refractivity contribution in [2.24, 2.45) is 12.0 Å². The number of aromatic nitrogens is 3. The first-order valence-corrected chi connectivity index (χ1v) is 10.7. The van der Waals surface area contributed by atoms with Crippen LogP contribution in [0.4, 0.5) is 0 Å². The Morgan fingerprint density at radius 1 is 1.17 bits per heavy atom. The Morgan fingerprint density at radius 2 is 1.83 bits per heavy atom. The van der Waals surface area contributed by atoms with E-state index < -0.39 is 0 Å². The number of rotatable bonds is 5. The first kappa shape index (κ1) is 24.1. The van der Waals surface area contributed by atoms with Gasteiger partial charge in [-0.25, -0.2) is 4.99 Å². The minimum absolute atomic E-state index is 0. The normalized spacial score (nSPS) is 16.4. The standard InChI is InChI=1S/C20H30BrN7.HI/c1-5-22-20(23-14-19-25-24-16(3)26(19)4)28-12-10-27(11-13-28)15(2)17-6-8-18(21)9-7-17;/h6-9,15H,5,10-14H2,1-4H3,(H,22,23);1H. The van der Waals surface area contributed by atoms with Crippen LogP contribution < -0.4 is 5.32 Å². The minimum atomic E-state index is 0. The molecule has 9 heteroatoms. The first-order chi connectivity index (χ1) is 13.5. The van der Waals surface area contributed by atoms with Crippen LogP contribution in [0.25, 0.3) is 0 Å². The molecule has 1 aromatic heterocycles. The van der Waals surface area contributed by atoms with Crippen LogP contribution in [-0.4, -0.2) is 63.2 Å². The number of benzene rings is 1. The Hall–Kier alpha value is -1.20. The number of piperazine rings is 1. The highest BCUT2D eigenvalue weighted by Gasteiger charge is 2.23. The number of hydrogen-bond donors (Lipinski definition) is 1. The maximum atomic E-state index is 4.80. The van der Waals surface area contributed by atoms with Gasteiger partial charge in [-0.2, -0.15) is 0 Å². The van der Waals surface area contributed by atoms with Crippen molar-refractivity contribution in [3.05, 3.63) is 46.0 Å². The summed E-state index contributed by atoms with van der Waals surface area (Å²) in [5.41, 5.74) is 1.36. The lowest BCUT2D eigenvalue weighted by Gasteiger charge is -2.39. The lowest BCUT2D eigenvalue weighted by Crippen LogP contribution is -2.52. The van der Waals surface area contributed by atoms with E-state index in [0.29, 0.717) is 12.6 Å². The summed E-state index contributed by atoms with van der Waals surface area (Å²) in [7, 11) is 1.98. The van der Waals surface area contributed by atoms with Gasteiger partial charge in [-0.1, -0.05) is 28.1 Å². The second kappa shape index (κ2) is 11.3. The molecule has 1 N–H and O–H groups in total. The van der Waals surface area contributed by atoms with Gasteiger partial charge in [0.05, 0.1) is 0 Å². The van der Waals surface area contributed by atoms with E-state index in [1.165, 1.54) is 5.56 Å². The van der Waals surface area contributed by atoms with Gasteiger partial charge < -0.3 is 14.8 Å². The molecular weight excluding hydrogens is 545 g/mol. The summed E-state index contributed by atoms with van der Waals surface area (Å²) in [6.45, 7) is 11.7. The molecule has 29 heavy (non-hydrogen) atoms. The molecule has 0 saturated carbocycles. The fourth-order valence-electron chi connectivity index (χ4n) is 3.43. The lowest BCUT2D eigenvalue weighted by atomic mass is 10.1. The second-order valence-electron chi connectivity index (χ2n) is 7.14.